The van der Waals surface area contributed by atoms with Gasteiger partial charge in [0.25, 0.3) is 0 Å². The van der Waals surface area contributed by atoms with Gasteiger partial charge < -0.3 is 10.4 Å². The second kappa shape index (κ2) is 7.05. The normalized spacial score (nSPS) is 12.8. The van der Waals surface area contributed by atoms with Crippen molar-refractivity contribution in [3.05, 3.63) is 35.1 Å². The standard InChI is InChI=1S/C13H13F4NO3/c14-10-4-8(3-9(6-10)13(15,16)17)5-11(18-7-19)1-2-12(20)21/h3-4,6-7,11H,1-2,5H2,(H,18,19)(H,20,21). The third-order valence-electron chi connectivity index (χ3n) is 2.78. The smallest absolute Gasteiger partial charge is 0.416 e. The minimum absolute atomic E-state index is 0.0337. The van der Waals surface area contributed by atoms with Gasteiger partial charge >= 0.3 is 12.1 Å². The Hall–Kier alpha value is -2.12. The molecule has 1 atom stereocenters. The molecule has 0 bridgehead atoms. The molecule has 4 nitrogen and oxygen atoms in total. The molecule has 116 valence electrons. The number of nitrogens with one attached hydrogen (secondary N) is 1. The zero-order valence-corrected chi connectivity index (χ0v) is 10.8. The molecular weight excluding hydrogens is 294 g/mol. The first kappa shape index (κ1) is 16.9. The van der Waals surface area contributed by atoms with Crippen molar-refractivity contribution in [2.45, 2.75) is 31.5 Å². The Balaban J connectivity index is 2.90. The lowest BCUT2D eigenvalue weighted by Gasteiger charge is -2.16. The number of hydrogen-bond acceptors (Lipinski definition) is 2. The molecule has 21 heavy (non-hydrogen) atoms. The van der Waals surface area contributed by atoms with Crippen LogP contribution >= 0.6 is 0 Å². The quantitative estimate of drug-likeness (QED) is 0.600. The molecule has 0 aliphatic rings. The fourth-order valence-electron chi connectivity index (χ4n) is 1.85. The molecule has 0 fully saturated rings. The number of alkyl halides is 3. The number of carbonyl (C=O) groups is 2. The largest absolute Gasteiger partial charge is 0.481 e. The topological polar surface area (TPSA) is 66.4 Å². The average Bonchev–Trinajstić information content (AvgIpc) is 2.34. The molecule has 0 aromatic heterocycles. The summed E-state index contributed by atoms with van der Waals surface area (Å²) < 4.78 is 50.9. The lowest BCUT2D eigenvalue weighted by Crippen LogP contribution is -2.30. The highest BCUT2D eigenvalue weighted by molar-refractivity contribution is 5.66. The SMILES string of the molecule is O=CNC(CCC(=O)O)Cc1cc(F)cc(C(F)(F)F)c1. The van der Waals surface area contributed by atoms with Gasteiger partial charge in [-0.2, -0.15) is 13.2 Å². The van der Waals surface area contributed by atoms with E-state index in [0.717, 1.165) is 12.1 Å². The number of benzene rings is 1. The maximum absolute atomic E-state index is 13.2. The molecule has 0 saturated heterocycles. The monoisotopic (exact) mass is 307 g/mol. The van der Waals surface area contributed by atoms with Crippen LogP contribution in [-0.4, -0.2) is 23.5 Å². The maximum atomic E-state index is 13.2. The van der Waals surface area contributed by atoms with Crippen molar-refractivity contribution in [1.29, 1.82) is 0 Å². The van der Waals surface area contributed by atoms with Gasteiger partial charge in [-0.25, -0.2) is 4.39 Å². The van der Waals surface area contributed by atoms with Gasteiger partial charge in [0.1, 0.15) is 5.82 Å². The van der Waals surface area contributed by atoms with Gasteiger partial charge in [0.05, 0.1) is 5.56 Å². The molecule has 0 spiro atoms. The van der Waals surface area contributed by atoms with Crippen LogP contribution in [0.2, 0.25) is 0 Å². The van der Waals surface area contributed by atoms with Crippen LogP contribution in [0, 0.1) is 5.82 Å². The van der Waals surface area contributed by atoms with E-state index < -0.39 is 29.6 Å². The summed E-state index contributed by atoms with van der Waals surface area (Å²) in [5.74, 6) is -2.13. The Morgan fingerprint density at radius 3 is 2.52 bits per heavy atom. The molecule has 1 amide bonds. The van der Waals surface area contributed by atoms with Crippen molar-refractivity contribution in [3.8, 4) is 0 Å². The summed E-state index contributed by atoms with van der Waals surface area (Å²) in [4.78, 5) is 20.9. The van der Waals surface area contributed by atoms with Crippen LogP contribution < -0.4 is 5.32 Å². The molecule has 0 saturated carbocycles. The number of hydrogen-bond donors (Lipinski definition) is 2. The second-order valence-electron chi connectivity index (χ2n) is 4.46. The zero-order chi connectivity index (χ0) is 16.0. The van der Waals surface area contributed by atoms with Crippen LogP contribution in [0.1, 0.15) is 24.0 Å². The number of aliphatic carboxylic acids is 1. The number of amides is 1. The van der Waals surface area contributed by atoms with Gasteiger partial charge in [-0.15, -0.1) is 0 Å². The van der Waals surface area contributed by atoms with Crippen LogP contribution in [-0.2, 0) is 22.2 Å². The molecule has 0 aliphatic carbocycles. The minimum Gasteiger partial charge on any atom is -0.481 e. The molecule has 0 radical (unpaired) electrons. The van der Waals surface area contributed by atoms with E-state index in [2.05, 4.69) is 5.32 Å². The van der Waals surface area contributed by atoms with Crippen molar-refractivity contribution in [2.75, 3.05) is 0 Å². The van der Waals surface area contributed by atoms with E-state index in [1.807, 2.05) is 0 Å². The van der Waals surface area contributed by atoms with Gasteiger partial charge in [0, 0.05) is 12.5 Å². The number of carboxylic acid groups (broad SMARTS) is 1. The van der Waals surface area contributed by atoms with E-state index in [4.69, 9.17) is 5.11 Å². The van der Waals surface area contributed by atoms with Gasteiger partial charge in [0.2, 0.25) is 6.41 Å². The number of halogens is 4. The van der Waals surface area contributed by atoms with E-state index in [0.29, 0.717) is 12.5 Å². The Bertz CT molecular complexity index is 517. The second-order valence-corrected chi connectivity index (χ2v) is 4.46. The summed E-state index contributed by atoms with van der Waals surface area (Å²) >= 11 is 0. The van der Waals surface area contributed by atoms with Gasteiger partial charge in [-0.1, -0.05) is 0 Å². The third-order valence-corrected chi connectivity index (χ3v) is 2.78. The molecule has 8 heteroatoms. The van der Waals surface area contributed by atoms with Crippen molar-refractivity contribution < 1.29 is 32.3 Å². The summed E-state index contributed by atoms with van der Waals surface area (Å²) in [5.41, 5.74) is -1.09. The fourth-order valence-corrected chi connectivity index (χ4v) is 1.85. The van der Waals surface area contributed by atoms with Crippen molar-refractivity contribution in [2.24, 2.45) is 0 Å². The zero-order valence-electron chi connectivity index (χ0n) is 10.8. The molecule has 1 aromatic rings. The van der Waals surface area contributed by atoms with Crippen molar-refractivity contribution in [1.82, 2.24) is 5.32 Å². The van der Waals surface area contributed by atoms with E-state index in [1.54, 1.807) is 0 Å². The van der Waals surface area contributed by atoms with Crippen LogP contribution in [0.15, 0.2) is 18.2 Å². The summed E-state index contributed by atoms with van der Waals surface area (Å²) in [5, 5.41) is 10.9. The van der Waals surface area contributed by atoms with Crippen LogP contribution in [0.25, 0.3) is 0 Å². The maximum Gasteiger partial charge on any atom is 0.416 e. The molecule has 1 rings (SSSR count). The van der Waals surface area contributed by atoms with E-state index >= 15 is 0 Å². The van der Waals surface area contributed by atoms with Gasteiger partial charge in [0.15, 0.2) is 0 Å². The van der Waals surface area contributed by atoms with Gasteiger partial charge in [-0.05, 0) is 36.6 Å². The van der Waals surface area contributed by atoms with E-state index in [9.17, 15) is 27.2 Å². The third kappa shape index (κ3) is 5.80. The number of carbonyl (C=O) groups excluding carboxylic acids is 1. The number of rotatable bonds is 7. The van der Waals surface area contributed by atoms with Crippen LogP contribution in [0.3, 0.4) is 0 Å². The van der Waals surface area contributed by atoms with Gasteiger partial charge in [-0.3, -0.25) is 9.59 Å². The van der Waals surface area contributed by atoms with Crippen LogP contribution in [0.5, 0.6) is 0 Å². The Morgan fingerprint density at radius 1 is 1.33 bits per heavy atom. The molecular formula is C13H13F4NO3. The van der Waals surface area contributed by atoms with Crippen molar-refractivity contribution >= 4 is 12.4 Å². The first-order valence-electron chi connectivity index (χ1n) is 6.00. The summed E-state index contributed by atoms with van der Waals surface area (Å²) in [7, 11) is 0. The Labute approximate surface area is 117 Å². The van der Waals surface area contributed by atoms with E-state index in [1.165, 1.54) is 0 Å². The highest BCUT2D eigenvalue weighted by Crippen LogP contribution is 2.30. The Morgan fingerprint density at radius 2 is 2.00 bits per heavy atom. The summed E-state index contributed by atoms with van der Waals surface area (Å²) in [6, 6.07) is 1.41. The first-order chi connectivity index (χ1) is 9.72. The van der Waals surface area contributed by atoms with Crippen LogP contribution in [0.4, 0.5) is 17.6 Å². The molecule has 0 heterocycles. The number of carboxylic acids is 1. The fraction of sp³-hybridized carbons (Fsp3) is 0.385. The van der Waals surface area contributed by atoms with E-state index in [-0.39, 0.29) is 24.8 Å². The predicted octanol–water partition coefficient (Wildman–Crippen LogP) is 2.37. The highest BCUT2D eigenvalue weighted by atomic mass is 19.4. The highest BCUT2D eigenvalue weighted by Gasteiger charge is 2.31. The predicted molar refractivity (Wildman–Crippen MR) is 65.0 cm³/mol. The summed E-state index contributed by atoms with van der Waals surface area (Å²) in [6.07, 6.45) is -4.66. The minimum atomic E-state index is -4.68. The Kier molecular flexibility index (Phi) is 5.69. The molecule has 2 N–H and O–H groups in total. The molecule has 1 unspecified atom stereocenters. The lowest BCUT2D eigenvalue weighted by molar-refractivity contribution is -0.138. The summed E-state index contributed by atoms with van der Waals surface area (Å²) in [6.45, 7) is 0. The molecule has 1 aromatic carbocycles. The van der Waals surface area contributed by atoms with Crippen molar-refractivity contribution in [3.63, 3.8) is 0 Å². The first-order valence-corrected chi connectivity index (χ1v) is 6.00. The average molecular weight is 307 g/mol. The molecule has 0 aliphatic heterocycles. The lowest BCUT2D eigenvalue weighted by atomic mass is 10.00.